The van der Waals surface area contributed by atoms with E-state index >= 15 is 0 Å². The maximum atomic E-state index is 5.36. The average molecular weight is 251 g/mol. The van der Waals surface area contributed by atoms with E-state index in [0.717, 1.165) is 11.9 Å². The second-order valence-electron chi connectivity index (χ2n) is 0.778. The minimum Gasteiger partial charge on any atom is -0.127 e. The Kier molecular flexibility index (Phi) is 5.75. The lowest BCUT2D eigenvalue weighted by Gasteiger charge is -1.86. The number of hydrogen-bond donors (Lipinski definition) is 0. The molecule has 0 nitrogen and oxygen atoms in total. The number of rotatable bonds is 2. The van der Waals surface area contributed by atoms with Crippen LogP contribution in [-0.4, -0.2) is 11.9 Å². The van der Waals surface area contributed by atoms with Crippen LogP contribution >= 0.6 is 42.2 Å². The molecule has 0 heterocycles. The third-order valence-corrected chi connectivity index (χ3v) is 3.80. The van der Waals surface area contributed by atoms with E-state index in [1.807, 2.05) is 0 Å². The minimum absolute atomic E-state index is 0.392. The van der Waals surface area contributed by atoms with Gasteiger partial charge in [0.05, 0.1) is 0 Å². The van der Waals surface area contributed by atoms with Crippen molar-refractivity contribution in [3.05, 3.63) is 0 Å². The average Bonchev–Trinajstić information content (AvgIpc) is 1.35. The van der Waals surface area contributed by atoms with Gasteiger partial charge in [0.2, 0.25) is 6.04 Å². The summed E-state index contributed by atoms with van der Waals surface area (Å²) in [7, 11) is 0. The van der Waals surface area contributed by atoms with Gasteiger partial charge in [-0.1, -0.05) is 0 Å². The zero-order valence-corrected chi connectivity index (χ0v) is 7.98. The fraction of sp³-hybridized carbons (Fsp3) is 1.00. The lowest BCUT2D eigenvalue weighted by molar-refractivity contribution is 1.48. The largest absolute Gasteiger partial charge is 0.217 e. The van der Waals surface area contributed by atoms with Crippen LogP contribution in [0.4, 0.5) is 0 Å². The highest BCUT2D eigenvalue weighted by atomic mass is 79.9. The van der Waals surface area contributed by atoms with Gasteiger partial charge < -0.3 is 0 Å². The first-order chi connectivity index (χ1) is 2.77. The third-order valence-electron chi connectivity index (χ3n) is 0.283. The Bertz CT molecular complexity index is 32.7. The van der Waals surface area contributed by atoms with Crippen molar-refractivity contribution < 1.29 is 0 Å². The van der Waals surface area contributed by atoms with Gasteiger partial charge in [0.15, 0.2) is 0 Å². The van der Waals surface area contributed by atoms with Crippen molar-refractivity contribution >= 4 is 48.2 Å². The third kappa shape index (κ3) is 5.47. The molecule has 0 atom stereocenters. The highest BCUT2D eigenvalue weighted by Crippen LogP contribution is 2.08. The summed E-state index contributed by atoms with van der Waals surface area (Å²) in [6.45, 7) is 0. The molecule has 6 heavy (non-hydrogen) atoms. The van der Waals surface area contributed by atoms with Crippen LogP contribution in [0.15, 0.2) is 0 Å². The van der Waals surface area contributed by atoms with Crippen molar-refractivity contribution in [3.63, 3.8) is 0 Å². The van der Waals surface area contributed by atoms with Gasteiger partial charge in [-0.25, -0.2) is 0 Å². The number of hydrogen-bond acceptors (Lipinski definition) is 0. The summed E-state index contributed by atoms with van der Waals surface area (Å²) in [6.07, 6.45) is 0. The molecule has 0 aromatic rings. The van der Waals surface area contributed by atoms with Gasteiger partial charge in [-0.3, -0.25) is 0 Å². The first-order valence-electron chi connectivity index (χ1n) is 1.50. The van der Waals surface area contributed by atoms with Crippen molar-refractivity contribution in [2.24, 2.45) is 0 Å². The van der Waals surface area contributed by atoms with E-state index in [4.69, 9.17) is 11.6 Å². The Labute approximate surface area is 60.0 Å². The summed E-state index contributed by atoms with van der Waals surface area (Å²) in [5.41, 5.74) is 0. The zero-order chi connectivity index (χ0) is 4.99. The van der Waals surface area contributed by atoms with Crippen molar-refractivity contribution in [2.45, 2.75) is 6.04 Å². The van der Waals surface area contributed by atoms with E-state index in [9.17, 15) is 0 Å². The van der Waals surface area contributed by atoms with Crippen LogP contribution in [0.3, 0.4) is 0 Å². The predicted octanol–water partition coefficient (Wildman–Crippen LogP) is 2.50. The highest BCUT2D eigenvalue weighted by molar-refractivity contribution is 9.49. The molecule has 0 rings (SSSR count). The maximum Gasteiger partial charge on any atom is 0.217 e. The van der Waals surface area contributed by atoms with Crippen LogP contribution in [0.1, 0.15) is 0 Å². The Morgan fingerprint density at radius 3 is 2.00 bits per heavy atom. The van der Waals surface area contributed by atoms with Gasteiger partial charge in [-0.05, 0) is 6.04 Å². The Hall–Kier alpha value is 1.47. The Balaban J connectivity index is 2.63. The normalized spacial score (nSPS) is 10.0. The standard InChI is InChI=1S/C2H4Br2ClSi/c3-6(4)2-1-5/h1-2H2. The fourth-order valence-electron chi connectivity index (χ4n) is 0.0714. The van der Waals surface area contributed by atoms with Crippen LogP contribution in [0.5, 0.6) is 0 Å². The van der Waals surface area contributed by atoms with Crippen LogP contribution in [0.25, 0.3) is 0 Å². The molecule has 0 saturated heterocycles. The smallest absolute Gasteiger partial charge is 0.127 e. The van der Waals surface area contributed by atoms with Gasteiger partial charge in [-0.2, -0.15) is 0 Å². The van der Waals surface area contributed by atoms with Crippen molar-refractivity contribution in [3.8, 4) is 0 Å². The summed E-state index contributed by atoms with van der Waals surface area (Å²) in [4.78, 5) is 0. The van der Waals surface area contributed by atoms with Crippen molar-refractivity contribution in [2.75, 3.05) is 5.88 Å². The molecule has 0 aliphatic heterocycles. The second kappa shape index (κ2) is 4.62. The topological polar surface area (TPSA) is 0 Å². The molecule has 0 aromatic heterocycles. The van der Waals surface area contributed by atoms with E-state index < -0.39 is 6.04 Å². The van der Waals surface area contributed by atoms with E-state index in [1.54, 1.807) is 0 Å². The fourth-order valence-corrected chi connectivity index (χ4v) is 3.34. The molecule has 4 heteroatoms. The van der Waals surface area contributed by atoms with Gasteiger partial charge >= 0.3 is 0 Å². The van der Waals surface area contributed by atoms with Crippen LogP contribution < -0.4 is 0 Å². The SMILES string of the molecule is ClCC[Si](Br)Br. The number of alkyl halides is 1. The lowest BCUT2D eigenvalue weighted by Crippen LogP contribution is -1.88. The zero-order valence-electron chi connectivity index (χ0n) is 3.05. The van der Waals surface area contributed by atoms with E-state index in [1.165, 1.54) is 0 Å². The molecule has 0 saturated carbocycles. The van der Waals surface area contributed by atoms with Gasteiger partial charge in [0, 0.05) is 5.88 Å². The molecule has 0 N–H and O–H groups in total. The molecular formula is C2H4Br2ClSi. The molecule has 0 amide bonds. The molecule has 37 valence electrons. The lowest BCUT2D eigenvalue weighted by atomic mass is 11.0. The summed E-state index contributed by atoms with van der Waals surface area (Å²) in [5, 5.41) is 0. The van der Waals surface area contributed by atoms with Crippen LogP contribution in [0.2, 0.25) is 6.04 Å². The van der Waals surface area contributed by atoms with Gasteiger partial charge in [0.1, 0.15) is 0 Å². The van der Waals surface area contributed by atoms with Gasteiger partial charge in [0.25, 0.3) is 0 Å². The molecule has 0 aromatic carbocycles. The van der Waals surface area contributed by atoms with Crippen LogP contribution in [0, 0.1) is 0 Å². The monoisotopic (exact) mass is 249 g/mol. The molecule has 0 aliphatic carbocycles. The molecule has 0 fully saturated rings. The Morgan fingerprint density at radius 2 is 2.00 bits per heavy atom. The summed E-state index contributed by atoms with van der Waals surface area (Å²) in [5.74, 6) is 0.755. The molecule has 0 bridgehead atoms. The van der Waals surface area contributed by atoms with Gasteiger partial charge in [-0.15, -0.1) is 42.2 Å². The first kappa shape index (κ1) is 7.47. The molecule has 1 radical (unpaired) electrons. The van der Waals surface area contributed by atoms with Crippen molar-refractivity contribution in [1.82, 2.24) is 0 Å². The predicted molar refractivity (Wildman–Crippen MR) is 39.1 cm³/mol. The summed E-state index contributed by atoms with van der Waals surface area (Å²) < 4.78 is 0. The van der Waals surface area contributed by atoms with E-state index in [0.29, 0.717) is 0 Å². The Morgan fingerprint density at radius 1 is 1.50 bits per heavy atom. The van der Waals surface area contributed by atoms with Crippen LogP contribution in [-0.2, 0) is 0 Å². The quantitative estimate of drug-likeness (QED) is 0.402. The first-order valence-corrected chi connectivity index (χ1v) is 8.25. The molecule has 0 spiro atoms. The summed E-state index contributed by atoms with van der Waals surface area (Å²) in [6, 6.07) is 0.683. The van der Waals surface area contributed by atoms with Crippen molar-refractivity contribution in [1.29, 1.82) is 0 Å². The molecule has 0 unspecified atom stereocenters. The van der Waals surface area contributed by atoms with E-state index in [2.05, 4.69) is 30.6 Å². The maximum absolute atomic E-state index is 5.36. The number of halogens is 3. The molecule has 0 aliphatic rings. The second-order valence-corrected chi connectivity index (χ2v) is 11.3. The minimum atomic E-state index is -0.392. The van der Waals surface area contributed by atoms with E-state index in [-0.39, 0.29) is 0 Å². The highest BCUT2D eigenvalue weighted by Gasteiger charge is 1.96. The summed E-state index contributed by atoms with van der Waals surface area (Å²) >= 11 is 12.1. The molecular weight excluding hydrogens is 247 g/mol.